The molecule has 0 spiro atoms. The van der Waals surface area contributed by atoms with Crippen molar-refractivity contribution < 1.29 is 19.7 Å². The van der Waals surface area contributed by atoms with Crippen molar-refractivity contribution in [2.24, 2.45) is 5.10 Å². The molecule has 1 aromatic heterocycles. The van der Waals surface area contributed by atoms with E-state index in [2.05, 4.69) is 20.7 Å². The number of H-pyrrole nitrogens is 1. The predicted octanol–water partition coefficient (Wildman–Crippen LogP) is 2.26. The second-order valence-electron chi connectivity index (χ2n) is 5.37. The minimum Gasteiger partial charge on any atom is -0.508 e. The number of phenolic OH excluding ortho intramolecular Hbond substituents is 2. The molecule has 0 aliphatic rings. The molecule has 3 rings (SSSR count). The van der Waals surface area contributed by atoms with Crippen molar-refractivity contribution in [1.29, 1.82) is 0 Å². The van der Waals surface area contributed by atoms with Crippen molar-refractivity contribution in [3.8, 4) is 28.5 Å². The number of carbonyl (C=O) groups is 1. The summed E-state index contributed by atoms with van der Waals surface area (Å²) in [5, 5.41) is 29.6. The largest absolute Gasteiger partial charge is 0.508 e. The number of phenols is 2. The summed E-state index contributed by atoms with van der Waals surface area (Å²) >= 11 is 0. The van der Waals surface area contributed by atoms with Gasteiger partial charge in [0.05, 0.1) is 25.2 Å². The first-order chi connectivity index (χ1) is 12.6. The van der Waals surface area contributed by atoms with E-state index in [0.29, 0.717) is 5.56 Å². The van der Waals surface area contributed by atoms with E-state index in [-0.39, 0.29) is 17.1 Å². The molecule has 0 aliphatic carbocycles. The molecule has 26 heavy (non-hydrogen) atoms. The van der Waals surface area contributed by atoms with Crippen molar-refractivity contribution in [3.63, 3.8) is 0 Å². The first-order valence-electron chi connectivity index (χ1n) is 7.61. The molecule has 0 radical (unpaired) electrons. The van der Waals surface area contributed by atoms with Gasteiger partial charge >= 0.3 is 0 Å². The molecule has 2 aromatic carbocycles. The van der Waals surface area contributed by atoms with E-state index in [9.17, 15) is 15.0 Å². The number of amides is 1. The number of methoxy groups -OCH3 is 1. The highest BCUT2D eigenvalue weighted by atomic mass is 16.5. The number of hydrogen-bond acceptors (Lipinski definition) is 6. The number of aromatic nitrogens is 2. The number of carbonyl (C=O) groups excluding carboxylic acids is 1. The van der Waals surface area contributed by atoms with E-state index >= 15 is 0 Å². The van der Waals surface area contributed by atoms with Crippen LogP contribution in [0.1, 0.15) is 15.9 Å². The molecule has 8 nitrogen and oxygen atoms in total. The van der Waals surface area contributed by atoms with Gasteiger partial charge in [0, 0.05) is 22.8 Å². The van der Waals surface area contributed by atoms with Crippen LogP contribution < -0.4 is 10.2 Å². The first-order valence-corrected chi connectivity index (χ1v) is 7.61. The fourth-order valence-electron chi connectivity index (χ4n) is 2.33. The van der Waals surface area contributed by atoms with Crippen molar-refractivity contribution in [1.82, 2.24) is 15.6 Å². The molecule has 132 valence electrons. The second-order valence-corrected chi connectivity index (χ2v) is 5.37. The van der Waals surface area contributed by atoms with Gasteiger partial charge < -0.3 is 14.9 Å². The van der Waals surface area contributed by atoms with E-state index in [1.54, 1.807) is 13.3 Å². The van der Waals surface area contributed by atoms with E-state index in [0.717, 1.165) is 23.1 Å². The SMILES string of the molecule is COc1ccc(-c2[nH]ncc2C=NNC(=O)c2cc(O)cc(O)c2)cc1. The molecule has 4 N–H and O–H groups in total. The average Bonchev–Trinajstić information content (AvgIpc) is 3.09. The van der Waals surface area contributed by atoms with Gasteiger partial charge in [-0.25, -0.2) is 5.43 Å². The number of aromatic amines is 1. The zero-order chi connectivity index (χ0) is 18.5. The van der Waals surface area contributed by atoms with E-state index in [1.807, 2.05) is 24.3 Å². The lowest BCUT2D eigenvalue weighted by molar-refractivity contribution is 0.0954. The molecule has 3 aromatic rings. The van der Waals surface area contributed by atoms with Gasteiger partial charge in [-0.15, -0.1) is 0 Å². The first kappa shape index (κ1) is 17.0. The Morgan fingerprint density at radius 2 is 1.88 bits per heavy atom. The van der Waals surface area contributed by atoms with Crippen LogP contribution in [0.3, 0.4) is 0 Å². The van der Waals surface area contributed by atoms with Gasteiger partial charge in [-0.3, -0.25) is 9.89 Å². The smallest absolute Gasteiger partial charge is 0.271 e. The van der Waals surface area contributed by atoms with Crippen LogP contribution in [0.4, 0.5) is 0 Å². The third-order valence-corrected chi connectivity index (χ3v) is 3.58. The van der Waals surface area contributed by atoms with Gasteiger partial charge in [0.15, 0.2) is 0 Å². The van der Waals surface area contributed by atoms with Crippen LogP contribution in [0.25, 0.3) is 11.3 Å². The van der Waals surface area contributed by atoms with Crippen molar-refractivity contribution in [2.45, 2.75) is 0 Å². The molecule has 1 amide bonds. The Morgan fingerprint density at radius 1 is 1.19 bits per heavy atom. The normalized spacial score (nSPS) is 10.8. The molecule has 1 heterocycles. The fourth-order valence-corrected chi connectivity index (χ4v) is 2.33. The Bertz CT molecular complexity index is 928. The van der Waals surface area contributed by atoms with Crippen LogP contribution in [0.15, 0.2) is 53.8 Å². The molecule has 0 unspecified atom stereocenters. The van der Waals surface area contributed by atoms with Crippen molar-refractivity contribution >= 4 is 12.1 Å². The minimum absolute atomic E-state index is 0.0854. The summed E-state index contributed by atoms with van der Waals surface area (Å²) in [7, 11) is 1.60. The molecule has 0 saturated carbocycles. The van der Waals surface area contributed by atoms with Gasteiger partial charge in [-0.1, -0.05) is 0 Å². The summed E-state index contributed by atoms with van der Waals surface area (Å²) in [4.78, 5) is 12.0. The Hall–Kier alpha value is -3.81. The van der Waals surface area contributed by atoms with Crippen LogP contribution in [-0.2, 0) is 0 Å². The third kappa shape index (κ3) is 3.81. The zero-order valence-electron chi connectivity index (χ0n) is 13.8. The van der Waals surface area contributed by atoms with E-state index < -0.39 is 5.91 Å². The van der Waals surface area contributed by atoms with Gasteiger partial charge in [-0.05, 0) is 36.4 Å². The summed E-state index contributed by atoms with van der Waals surface area (Å²) < 4.78 is 5.13. The highest BCUT2D eigenvalue weighted by molar-refractivity contribution is 5.96. The Balaban J connectivity index is 1.73. The number of hydrazone groups is 1. The predicted molar refractivity (Wildman–Crippen MR) is 95.4 cm³/mol. The number of aromatic hydroxyl groups is 2. The number of benzene rings is 2. The lowest BCUT2D eigenvalue weighted by atomic mass is 10.1. The van der Waals surface area contributed by atoms with Crippen molar-refractivity contribution in [3.05, 3.63) is 59.8 Å². The highest BCUT2D eigenvalue weighted by Gasteiger charge is 2.09. The fraction of sp³-hybridized carbons (Fsp3) is 0.0556. The van der Waals surface area contributed by atoms with Crippen LogP contribution in [0.5, 0.6) is 17.2 Å². The average molecular weight is 352 g/mol. The van der Waals surface area contributed by atoms with Gasteiger partial charge in [-0.2, -0.15) is 10.2 Å². The highest BCUT2D eigenvalue weighted by Crippen LogP contribution is 2.23. The number of nitrogens with one attached hydrogen (secondary N) is 2. The monoisotopic (exact) mass is 352 g/mol. The number of hydrogen-bond donors (Lipinski definition) is 4. The molecule has 0 fully saturated rings. The maximum atomic E-state index is 12.0. The number of rotatable bonds is 5. The lowest BCUT2D eigenvalue weighted by Gasteiger charge is -2.03. The van der Waals surface area contributed by atoms with Gasteiger partial charge in [0.25, 0.3) is 5.91 Å². The number of ether oxygens (including phenoxy) is 1. The summed E-state index contributed by atoms with van der Waals surface area (Å²) in [5.74, 6) is -0.251. The van der Waals surface area contributed by atoms with Gasteiger partial charge in [0.2, 0.25) is 0 Å². The Kier molecular flexibility index (Phi) is 4.84. The summed E-state index contributed by atoms with van der Waals surface area (Å²) in [6, 6.07) is 11.0. The molecule has 8 heteroatoms. The van der Waals surface area contributed by atoms with E-state index in [1.165, 1.54) is 18.3 Å². The van der Waals surface area contributed by atoms with Crippen LogP contribution in [-0.4, -0.2) is 39.6 Å². The second kappa shape index (κ2) is 7.39. The summed E-state index contributed by atoms with van der Waals surface area (Å²) in [6.45, 7) is 0. The molecular weight excluding hydrogens is 336 g/mol. The summed E-state index contributed by atoms with van der Waals surface area (Å²) in [5.41, 5.74) is 4.72. The Morgan fingerprint density at radius 3 is 2.54 bits per heavy atom. The maximum absolute atomic E-state index is 12.0. The molecule has 0 saturated heterocycles. The van der Waals surface area contributed by atoms with Gasteiger partial charge in [0.1, 0.15) is 17.2 Å². The number of nitrogens with zero attached hydrogens (tertiary/aromatic N) is 2. The zero-order valence-corrected chi connectivity index (χ0v) is 13.8. The standard InChI is InChI=1S/C18H16N4O4/c1-26-16-4-2-11(3-5-16)17-13(9-19-21-17)10-20-22-18(25)12-6-14(23)8-15(24)7-12/h2-10,23-24H,1H3,(H,19,21)(H,22,25). The van der Waals surface area contributed by atoms with Crippen molar-refractivity contribution in [2.75, 3.05) is 7.11 Å². The quantitative estimate of drug-likeness (QED) is 0.415. The third-order valence-electron chi connectivity index (χ3n) is 3.58. The minimum atomic E-state index is -0.568. The molecular formula is C18H16N4O4. The van der Waals surface area contributed by atoms with Crippen LogP contribution in [0, 0.1) is 0 Å². The maximum Gasteiger partial charge on any atom is 0.271 e. The molecule has 0 bridgehead atoms. The summed E-state index contributed by atoms with van der Waals surface area (Å²) in [6.07, 6.45) is 3.03. The molecule has 0 aliphatic heterocycles. The van der Waals surface area contributed by atoms with Crippen LogP contribution in [0.2, 0.25) is 0 Å². The lowest BCUT2D eigenvalue weighted by Crippen LogP contribution is -2.17. The molecule has 0 atom stereocenters. The van der Waals surface area contributed by atoms with E-state index in [4.69, 9.17) is 4.74 Å². The van der Waals surface area contributed by atoms with Crippen LogP contribution >= 0.6 is 0 Å². The Labute approximate surface area is 148 Å². The topological polar surface area (TPSA) is 120 Å².